The molecular weight excluding hydrogens is 406 g/mol. The highest BCUT2D eigenvalue weighted by Crippen LogP contribution is 2.33. The van der Waals surface area contributed by atoms with Gasteiger partial charge < -0.3 is 10.2 Å². The van der Waals surface area contributed by atoms with E-state index in [1.807, 2.05) is 61.5 Å². The molecule has 1 N–H and O–H groups in total. The van der Waals surface area contributed by atoms with Crippen LogP contribution in [-0.2, 0) is 11.2 Å². The molecule has 2 amide bonds. The molecule has 0 saturated carbocycles. The van der Waals surface area contributed by atoms with Gasteiger partial charge in [-0.15, -0.1) is 0 Å². The predicted octanol–water partition coefficient (Wildman–Crippen LogP) is 4.98. The summed E-state index contributed by atoms with van der Waals surface area (Å²) in [5.41, 5.74) is 2.85. The summed E-state index contributed by atoms with van der Waals surface area (Å²) < 4.78 is 0. The van der Waals surface area contributed by atoms with E-state index >= 15 is 0 Å². The second-order valence-corrected chi connectivity index (χ2v) is 8.01. The van der Waals surface area contributed by atoms with Gasteiger partial charge in [-0.3, -0.25) is 9.59 Å². The van der Waals surface area contributed by atoms with E-state index in [0.717, 1.165) is 27.5 Å². The van der Waals surface area contributed by atoms with Gasteiger partial charge in [-0.05, 0) is 42.3 Å². The zero-order valence-corrected chi connectivity index (χ0v) is 18.3. The van der Waals surface area contributed by atoms with Crippen LogP contribution >= 0.6 is 11.8 Å². The third kappa shape index (κ3) is 5.53. The Morgan fingerprint density at radius 3 is 2.35 bits per heavy atom. The average molecular weight is 430 g/mol. The highest BCUT2D eigenvalue weighted by atomic mass is 32.2. The Morgan fingerprint density at radius 1 is 0.968 bits per heavy atom. The third-order valence-corrected chi connectivity index (χ3v) is 5.90. The Morgan fingerprint density at radius 2 is 1.61 bits per heavy atom. The van der Waals surface area contributed by atoms with Crippen molar-refractivity contribution in [2.45, 2.75) is 23.1 Å². The highest BCUT2D eigenvalue weighted by Gasteiger charge is 2.19. The number of nitrogens with zero attached hydrogens (tertiary/aromatic N) is 2. The summed E-state index contributed by atoms with van der Waals surface area (Å²) in [5, 5.41) is 12.2. The second-order valence-electron chi connectivity index (χ2n) is 6.93. The quantitative estimate of drug-likeness (QED) is 0.575. The number of hydrogen-bond donors (Lipinski definition) is 1. The molecule has 0 unspecified atom stereocenters. The number of benzene rings is 3. The molecule has 3 aromatic rings. The van der Waals surface area contributed by atoms with E-state index in [-0.39, 0.29) is 18.4 Å². The van der Waals surface area contributed by atoms with Crippen molar-refractivity contribution in [1.82, 2.24) is 4.90 Å². The molecular formula is C25H23N3O2S. The first kappa shape index (κ1) is 22.1. The molecule has 3 aromatic carbocycles. The van der Waals surface area contributed by atoms with Gasteiger partial charge in [-0.25, -0.2) is 0 Å². The number of carbonyl (C=O) groups excluding carboxylic acids is 2. The first-order valence-electron chi connectivity index (χ1n) is 9.92. The zero-order chi connectivity index (χ0) is 22.2. The molecule has 0 atom stereocenters. The van der Waals surface area contributed by atoms with Crippen LogP contribution in [0.2, 0.25) is 0 Å². The van der Waals surface area contributed by atoms with Gasteiger partial charge in [0.15, 0.2) is 0 Å². The summed E-state index contributed by atoms with van der Waals surface area (Å²) in [7, 11) is 1.61. The van der Waals surface area contributed by atoms with Crippen molar-refractivity contribution in [1.29, 1.82) is 5.26 Å². The van der Waals surface area contributed by atoms with Crippen molar-refractivity contribution in [3.8, 4) is 6.07 Å². The Balaban J connectivity index is 1.74. The Labute approximate surface area is 186 Å². The fourth-order valence-corrected chi connectivity index (χ4v) is 4.15. The molecule has 0 spiro atoms. The van der Waals surface area contributed by atoms with Crippen LogP contribution in [0.5, 0.6) is 0 Å². The molecule has 0 fully saturated rings. The van der Waals surface area contributed by atoms with Gasteiger partial charge >= 0.3 is 0 Å². The van der Waals surface area contributed by atoms with E-state index in [0.29, 0.717) is 11.1 Å². The van der Waals surface area contributed by atoms with Crippen LogP contribution in [0.1, 0.15) is 28.4 Å². The lowest BCUT2D eigenvalue weighted by Crippen LogP contribution is -2.35. The number of para-hydroxylation sites is 1. The van der Waals surface area contributed by atoms with E-state index in [4.69, 9.17) is 0 Å². The number of anilines is 1. The molecule has 6 heteroatoms. The summed E-state index contributed by atoms with van der Waals surface area (Å²) in [5.74, 6) is -0.506. The maximum atomic E-state index is 13.1. The van der Waals surface area contributed by atoms with Crippen molar-refractivity contribution in [3.05, 3.63) is 89.5 Å². The minimum Gasteiger partial charge on any atom is -0.332 e. The van der Waals surface area contributed by atoms with Gasteiger partial charge in [0.25, 0.3) is 5.91 Å². The van der Waals surface area contributed by atoms with Crippen LogP contribution in [0.15, 0.2) is 82.6 Å². The maximum Gasteiger partial charge on any atom is 0.255 e. The molecule has 0 aliphatic heterocycles. The lowest BCUT2D eigenvalue weighted by molar-refractivity contribution is -0.116. The molecule has 0 bridgehead atoms. The van der Waals surface area contributed by atoms with Gasteiger partial charge in [0.1, 0.15) is 6.07 Å². The van der Waals surface area contributed by atoms with Crippen molar-refractivity contribution in [2.24, 2.45) is 0 Å². The summed E-state index contributed by atoms with van der Waals surface area (Å²) in [6.45, 7) is 1.96. The monoisotopic (exact) mass is 429 g/mol. The number of rotatable bonds is 7. The van der Waals surface area contributed by atoms with Crippen molar-refractivity contribution in [2.75, 3.05) is 18.9 Å². The lowest BCUT2D eigenvalue weighted by atomic mass is 10.1. The number of carbonyl (C=O) groups is 2. The van der Waals surface area contributed by atoms with Crippen LogP contribution < -0.4 is 5.32 Å². The first-order chi connectivity index (χ1) is 15.0. The van der Waals surface area contributed by atoms with E-state index in [2.05, 4.69) is 11.4 Å². The second kappa shape index (κ2) is 10.5. The van der Waals surface area contributed by atoms with Gasteiger partial charge in [0, 0.05) is 22.5 Å². The first-order valence-corrected chi connectivity index (χ1v) is 10.7. The van der Waals surface area contributed by atoms with Gasteiger partial charge in [0.05, 0.1) is 17.7 Å². The van der Waals surface area contributed by atoms with Crippen LogP contribution in [0.25, 0.3) is 0 Å². The minimum atomic E-state index is -0.253. The number of amides is 2. The van der Waals surface area contributed by atoms with Crippen LogP contribution in [-0.4, -0.2) is 30.3 Å². The van der Waals surface area contributed by atoms with Crippen LogP contribution in [0.4, 0.5) is 5.69 Å². The third-order valence-electron chi connectivity index (χ3n) is 4.74. The number of nitriles is 1. The summed E-state index contributed by atoms with van der Waals surface area (Å²) in [4.78, 5) is 28.5. The number of hydrogen-bond acceptors (Lipinski definition) is 4. The van der Waals surface area contributed by atoms with Crippen molar-refractivity contribution >= 4 is 29.3 Å². The molecule has 0 aliphatic carbocycles. The summed E-state index contributed by atoms with van der Waals surface area (Å²) in [6.07, 6.45) is 0.806. The molecule has 31 heavy (non-hydrogen) atoms. The molecule has 5 nitrogen and oxygen atoms in total. The number of nitrogens with one attached hydrogen (secondary N) is 1. The minimum absolute atomic E-state index is 0.0648. The van der Waals surface area contributed by atoms with Crippen molar-refractivity contribution in [3.63, 3.8) is 0 Å². The van der Waals surface area contributed by atoms with E-state index < -0.39 is 0 Å². The summed E-state index contributed by atoms with van der Waals surface area (Å²) in [6, 6.07) is 24.3. The summed E-state index contributed by atoms with van der Waals surface area (Å²) >= 11 is 1.37. The largest absolute Gasteiger partial charge is 0.332 e. The molecule has 0 aromatic heterocycles. The van der Waals surface area contributed by atoms with Gasteiger partial charge in [0.2, 0.25) is 5.91 Å². The van der Waals surface area contributed by atoms with Crippen LogP contribution in [0, 0.1) is 11.3 Å². The molecule has 0 radical (unpaired) electrons. The maximum absolute atomic E-state index is 13.1. The van der Waals surface area contributed by atoms with E-state index in [1.165, 1.54) is 16.7 Å². The number of likely N-dealkylation sites (N-methyl/N-ethyl adjacent to an activating group) is 1. The number of aryl methyl sites for hydroxylation is 1. The molecule has 0 aliphatic rings. The standard InChI is InChI=1S/C25H23N3O2S/c1-3-18-10-4-7-13-21(18)27-24(29)17-28(2)25(30)20-12-6-9-15-23(20)31-22-14-8-5-11-19(22)16-26/h4-15H,3,17H2,1-2H3,(H,27,29). The average Bonchev–Trinajstić information content (AvgIpc) is 2.79. The zero-order valence-electron chi connectivity index (χ0n) is 17.5. The van der Waals surface area contributed by atoms with Crippen molar-refractivity contribution < 1.29 is 9.59 Å². The molecule has 0 heterocycles. The van der Waals surface area contributed by atoms with Gasteiger partial charge in [-0.1, -0.05) is 61.2 Å². The van der Waals surface area contributed by atoms with E-state index in [1.54, 1.807) is 25.2 Å². The fraction of sp³-hybridized carbons (Fsp3) is 0.160. The lowest BCUT2D eigenvalue weighted by Gasteiger charge is -2.19. The van der Waals surface area contributed by atoms with Gasteiger partial charge in [-0.2, -0.15) is 5.26 Å². The highest BCUT2D eigenvalue weighted by molar-refractivity contribution is 7.99. The molecule has 0 saturated heterocycles. The fourth-order valence-electron chi connectivity index (χ4n) is 3.13. The van der Waals surface area contributed by atoms with E-state index in [9.17, 15) is 14.9 Å². The Kier molecular flexibility index (Phi) is 7.47. The topological polar surface area (TPSA) is 73.2 Å². The molecule has 156 valence electrons. The van der Waals surface area contributed by atoms with Crippen LogP contribution in [0.3, 0.4) is 0 Å². The normalized spacial score (nSPS) is 10.2. The smallest absolute Gasteiger partial charge is 0.255 e. The Bertz CT molecular complexity index is 1140. The molecule has 3 rings (SSSR count). The Hall–Kier alpha value is -3.56. The SMILES string of the molecule is CCc1ccccc1NC(=O)CN(C)C(=O)c1ccccc1Sc1ccccc1C#N. The predicted molar refractivity (Wildman–Crippen MR) is 123 cm³/mol.